The van der Waals surface area contributed by atoms with Gasteiger partial charge in [0.15, 0.2) is 0 Å². The average Bonchev–Trinajstić information content (AvgIpc) is 2.04. The van der Waals surface area contributed by atoms with E-state index in [2.05, 4.69) is 0 Å². The molecule has 0 aliphatic carbocycles. The van der Waals surface area contributed by atoms with Crippen molar-refractivity contribution in [3.63, 3.8) is 0 Å². The van der Waals surface area contributed by atoms with E-state index in [9.17, 15) is 4.79 Å². The van der Waals surface area contributed by atoms with Gasteiger partial charge in [-0.25, -0.2) is 0 Å². The van der Waals surface area contributed by atoms with Gasteiger partial charge < -0.3 is 15.2 Å². The first kappa shape index (κ1) is 12.4. The maximum atomic E-state index is 11.1. The zero-order valence-corrected chi connectivity index (χ0v) is 8.58. The second kappa shape index (κ2) is 6.86. The summed E-state index contributed by atoms with van der Waals surface area (Å²) in [6.07, 6.45) is 0.875. The molecule has 0 aliphatic rings. The number of rotatable bonds is 6. The average molecular weight is 189 g/mol. The minimum atomic E-state index is -0.251. The smallest absolute Gasteiger partial charge is 0.307 e. The molecule has 0 rings (SSSR count). The van der Waals surface area contributed by atoms with Crippen molar-refractivity contribution in [2.45, 2.75) is 38.8 Å². The molecule has 0 amide bonds. The van der Waals surface area contributed by atoms with Crippen molar-refractivity contribution in [3.8, 4) is 0 Å². The molecule has 0 aliphatic heterocycles. The normalized spacial score (nSPS) is 15.1. The lowest BCUT2D eigenvalue weighted by atomic mass is 10.2. The fourth-order valence-corrected chi connectivity index (χ4v) is 0.900. The number of hydrogen-bond acceptors (Lipinski definition) is 4. The lowest BCUT2D eigenvalue weighted by Crippen LogP contribution is -2.27. The second-order valence-electron chi connectivity index (χ2n) is 3.13. The van der Waals surface area contributed by atoms with Gasteiger partial charge in [-0.05, 0) is 13.3 Å². The summed E-state index contributed by atoms with van der Waals surface area (Å²) in [6, 6.07) is -0.0951. The summed E-state index contributed by atoms with van der Waals surface area (Å²) >= 11 is 0. The van der Waals surface area contributed by atoms with E-state index >= 15 is 0 Å². The van der Waals surface area contributed by atoms with Crippen molar-refractivity contribution in [2.24, 2.45) is 5.73 Å². The number of methoxy groups -OCH3 is 1. The number of carbonyl (C=O) groups is 1. The number of carbonyl (C=O) groups excluding carboxylic acids is 1. The van der Waals surface area contributed by atoms with Crippen LogP contribution in [0.4, 0.5) is 0 Å². The minimum absolute atomic E-state index is 0.0951. The van der Waals surface area contributed by atoms with Crippen molar-refractivity contribution < 1.29 is 14.3 Å². The Kier molecular flexibility index (Phi) is 6.54. The molecule has 0 saturated carbocycles. The summed E-state index contributed by atoms with van der Waals surface area (Å²) in [5.41, 5.74) is 5.59. The number of hydrogen-bond donors (Lipinski definition) is 1. The molecule has 0 spiro atoms. The van der Waals surface area contributed by atoms with Crippen molar-refractivity contribution in [2.75, 3.05) is 13.7 Å². The van der Waals surface area contributed by atoms with Gasteiger partial charge in [0.2, 0.25) is 0 Å². The van der Waals surface area contributed by atoms with Gasteiger partial charge in [-0.3, -0.25) is 4.79 Å². The van der Waals surface area contributed by atoms with Crippen molar-refractivity contribution in [3.05, 3.63) is 0 Å². The quantitative estimate of drug-likeness (QED) is 0.624. The highest BCUT2D eigenvalue weighted by atomic mass is 16.6. The molecule has 78 valence electrons. The monoisotopic (exact) mass is 189 g/mol. The molecule has 0 heterocycles. The predicted molar refractivity (Wildman–Crippen MR) is 50.3 cm³/mol. The minimum Gasteiger partial charge on any atom is -0.460 e. The van der Waals surface area contributed by atoms with E-state index in [1.807, 2.05) is 6.92 Å². The molecule has 0 fully saturated rings. The molecular formula is C9H19NO3. The van der Waals surface area contributed by atoms with E-state index < -0.39 is 0 Å². The van der Waals surface area contributed by atoms with Crippen LogP contribution in [0.5, 0.6) is 0 Å². The Bertz CT molecular complexity index is 150. The zero-order chi connectivity index (χ0) is 10.3. The van der Waals surface area contributed by atoms with Gasteiger partial charge in [0.1, 0.15) is 6.10 Å². The van der Waals surface area contributed by atoms with Crippen molar-refractivity contribution in [1.29, 1.82) is 0 Å². The zero-order valence-electron chi connectivity index (χ0n) is 8.58. The molecule has 0 aromatic rings. The number of nitrogens with two attached hydrogens (primary N) is 1. The molecule has 0 aromatic heterocycles. The molecule has 2 unspecified atom stereocenters. The molecule has 4 heteroatoms. The standard InChI is InChI=1S/C9H19NO3/c1-4-8(10)5-9(11)13-7(2)6-12-3/h7-8H,4-6,10H2,1-3H3. The van der Waals surface area contributed by atoms with Crippen LogP contribution < -0.4 is 5.73 Å². The van der Waals surface area contributed by atoms with E-state index in [1.54, 1.807) is 14.0 Å². The topological polar surface area (TPSA) is 61.6 Å². The largest absolute Gasteiger partial charge is 0.460 e. The highest BCUT2D eigenvalue weighted by Crippen LogP contribution is 1.99. The lowest BCUT2D eigenvalue weighted by Gasteiger charge is -2.13. The SMILES string of the molecule is CCC(N)CC(=O)OC(C)COC. The van der Waals surface area contributed by atoms with Crippen molar-refractivity contribution in [1.82, 2.24) is 0 Å². The Hall–Kier alpha value is -0.610. The Balaban J connectivity index is 3.61. The summed E-state index contributed by atoms with van der Waals surface area (Å²) in [5.74, 6) is -0.251. The molecule has 2 N–H and O–H groups in total. The summed E-state index contributed by atoms with van der Waals surface area (Å²) in [5, 5.41) is 0. The molecule has 2 atom stereocenters. The number of esters is 1. The molecule has 4 nitrogen and oxygen atoms in total. The van der Waals surface area contributed by atoms with Crippen LogP contribution in [0.2, 0.25) is 0 Å². The van der Waals surface area contributed by atoms with Crippen LogP contribution in [-0.2, 0) is 14.3 Å². The molecule has 0 bridgehead atoms. The predicted octanol–water partition coefficient (Wildman–Crippen LogP) is 0.692. The van der Waals surface area contributed by atoms with Gasteiger partial charge in [0.25, 0.3) is 0 Å². The van der Waals surface area contributed by atoms with E-state index in [0.29, 0.717) is 6.61 Å². The lowest BCUT2D eigenvalue weighted by molar-refractivity contribution is -0.150. The van der Waals surface area contributed by atoms with Crippen LogP contribution in [-0.4, -0.2) is 31.8 Å². The molecular weight excluding hydrogens is 170 g/mol. The van der Waals surface area contributed by atoms with Gasteiger partial charge in [-0.15, -0.1) is 0 Å². The first-order valence-electron chi connectivity index (χ1n) is 4.54. The van der Waals surface area contributed by atoms with Gasteiger partial charge in [0.05, 0.1) is 13.0 Å². The Morgan fingerprint density at radius 3 is 2.62 bits per heavy atom. The van der Waals surface area contributed by atoms with Crippen LogP contribution in [0.15, 0.2) is 0 Å². The Labute approximate surface area is 79.4 Å². The van der Waals surface area contributed by atoms with Crippen LogP contribution in [0.1, 0.15) is 26.7 Å². The van der Waals surface area contributed by atoms with Crippen LogP contribution in [0, 0.1) is 0 Å². The van der Waals surface area contributed by atoms with Crippen LogP contribution in [0.25, 0.3) is 0 Å². The first-order valence-corrected chi connectivity index (χ1v) is 4.54. The molecule has 0 radical (unpaired) electrons. The maximum Gasteiger partial charge on any atom is 0.307 e. The molecule has 0 saturated heterocycles. The second-order valence-corrected chi connectivity index (χ2v) is 3.13. The highest BCUT2D eigenvalue weighted by molar-refractivity contribution is 5.70. The van der Waals surface area contributed by atoms with Gasteiger partial charge in [0, 0.05) is 13.2 Å². The summed E-state index contributed by atoms with van der Waals surface area (Å²) in [6.45, 7) is 4.16. The van der Waals surface area contributed by atoms with Gasteiger partial charge in [-0.2, -0.15) is 0 Å². The summed E-state index contributed by atoms with van der Waals surface area (Å²) in [4.78, 5) is 11.1. The van der Waals surface area contributed by atoms with Gasteiger partial charge >= 0.3 is 5.97 Å². The van der Waals surface area contributed by atoms with Crippen LogP contribution >= 0.6 is 0 Å². The fourth-order valence-electron chi connectivity index (χ4n) is 0.900. The third-order valence-electron chi connectivity index (χ3n) is 1.69. The first-order chi connectivity index (χ1) is 6.10. The molecule has 0 aromatic carbocycles. The van der Waals surface area contributed by atoms with Gasteiger partial charge in [-0.1, -0.05) is 6.92 Å². The van der Waals surface area contributed by atoms with E-state index in [0.717, 1.165) is 6.42 Å². The maximum absolute atomic E-state index is 11.1. The summed E-state index contributed by atoms with van der Waals surface area (Å²) < 4.78 is 9.85. The fraction of sp³-hybridized carbons (Fsp3) is 0.889. The highest BCUT2D eigenvalue weighted by Gasteiger charge is 2.12. The third-order valence-corrected chi connectivity index (χ3v) is 1.69. The Morgan fingerprint density at radius 2 is 2.15 bits per heavy atom. The Morgan fingerprint density at radius 1 is 1.54 bits per heavy atom. The summed E-state index contributed by atoms with van der Waals surface area (Å²) in [7, 11) is 1.57. The third kappa shape index (κ3) is 6.54. The van der Waals surface area contributed by atoms with Crippen molar-refractivity contribution >= 4 is 5.97 Å². The van der Waals surface area contributed by atoms with E-state index in [-0.39, 0.29) is 24.5 Å². The van der Waals surface area contributed by atoms with E-state index in [1.165, 1.54) is 0 Å². The van der Waals surface area contributed by atoms with Crippen LogP contribution in [0.3, 0.4) is 0 Å². The number of ether oxygens (including phenoxy) is 2. The molecule has 13 heavy (non-hydrogen) atoms. The van der Waals surface area contributed by atoms with E-state index in [4.69, 9.17) is 15.2 Å².